The molecule has 2 rings (SSSR count). The van der Waals surface area contributed by atoms with Crippen LogP contribution in [0.4, 0.5) is 0 Å². The van der Waals surface area contributed by atoms with E-state index in [4.69, 9.17) is 25.8 Å². The van der Waals surface area contributed by atoms with Crippen LogP contribution in [0.2, 0.25) is 5.02 Å². The van der Waals surface area contributed by atoms with Gasteiger partial charge in [-0.3, -0.25) is 4.79 Å². The summed E-state index contributed by atoms with van der Waals surface area (Å²) in [5.74, 6) is 1.25. The van der Waals surface area contributed by atoms with Gasteiger partial charge in [0, 0.05) is 11.4 Å². The van der Waals surface area contributed by atoms with Crippen molar-refractivity contribution in [1.82, 2.24) is 0 Å². The van der Waals surface area contributed by atoms with Gasteiger partial charge in [-0.2, -0.15) is 0 Å². The number of carbonyl (C=O) groups is 1. The third-order valence-corrected chi connectivity index (χ3v) is 4.03. The number of carbonyl (C=O) groups excluding carboxylic acids is 1. The molecule has 0 N–H and O–H groups in total. The third-order valence-electron chi connectivity index (χ3n) is 2.77. The molecule has 106 valence electrons. The number of ether oxygens (including phenoxy) is 3. The van der Waals surface area contributed by atoms with Crippen molar-refractivity contribution >= 4 is 28.7 Å². The zero-order valence-corrected chi connectivity index (χ0v) is 12.8. The molecule has 0 fully saturated rings. The first-order valence-corrected chi connectivity index (χ1v) is 6.95. The van der Waals surface area contributed by atoms with Gasteiger partial charge in [-0.25, -0.2) is 0 Å². The lowest BCUT2D eigenvalue weighted by Gasteiger charge is -2.11. The number of ketones is 1. The van der Waals surface area contributed by atoms with Crippen molar-refractivity contribution in [1.29, 1.82) is 0 Å². The molecule has 6 heteroatoms. The summed E-state index contributed by atoms with van der Waals surface area (Å²) in [6.07, 6.45) is 0. The van der Waals surface area contributed by atoms with E-state index in [1.165, 1.54) is 25.6 Å². The summed E-state index contributed by atoms with van der Waals surface area (Å²) in [6, 6.07) is 4.96. The van der Waals surface area contributed by atoms with Crippen LogP contribution in [-0.4, -0.2) is 27.1 Å². The number of benzene rings is 1. The Labute approximate surface area is 125 Å². The van der Waals surface area contributed by atoms with E-state index in [-0.39, 0.29) is 10.8 Å². The van der Waals surface area contributed by atoms with Gasteiger partial charge < -0.3 is 14.2 Å². The molecule has 2 aromatic rings. The van der Waals surface area contributed by atoms with Crippen LogP contribution in [0.25, 0.3) is 0 Å². The summed E-state index contributed by atoms with van der Waals surface area (Å²) < 4.78 is 15.4. The number of hydrogen-bond donors (Lipinski definition) is 0. The molecule has 0 aliphatic rings. The first-order valence-electron chi connectivity index (χ1n) is 5.70. The van der Waals surface area contributed by atoms with Crippen LogP contribution in [0.1, 0.15) is 15.2 Å². The van der Waals surface area contributed by atoms with Crippen LogP contribution in [0.3, 0.4) is 0 Å². The monoisotopic (exact) mass is 312 g/mol. The normalized spacial score (nSPS) is 10.2. The molecule has 1 heterocycles. The summed E-state index contributed by atoms with van der Waals surface area (Å²) in [5, 5.41) is 2.05. The molecule has 0 saturated heterocycles. The van der Waals surface area contributed by atoms with Gasteiger partial charge in [-0.1, -0.05) is 11.6 Å². The van der Waals surface area contributed by atoms with E-state index in [2.05, 4.69) is 0 Å². The van der Waals surface area contributed by atoms with E-state index < -0.39 is 0 Å². The van der Waals surface area contributed by atoms with Crippen molar-refractivity contribution in [2.75, 3.05) is 21.3 Å². The van der Waals surface area contributed by atoms with E-state index in [1.807, 2.05) is 0 Å². The standard InChI is InChI=1S/C14H13ClO4S/c1-17-8-6-11(20-7-8)13(16)9-4-5-10(18-2)12(15)14(9)19-3/h4-7H,1-3H3. The lowest BCUT2D eigenvalue weighted by Crippen LogP contribution is -2.03. The topological polar surface area (TPSA) is 44.8 Å². The number of methoxy groups -OCH3 is 3. The van der Waals surface area contributed by atoms with Gasteiger partial charge in [0.05, 0.1) is 31.8 Å². The predicted molar refractivity (Wildman–Crippen MR) is 78.9 cm³/mol. The van der Waals surface area contributed by atoms with Gasteiger partial charge in [-0.15, -0.1) is 11.3 Å². The fraction of sp³-hybridized carbons (Fsp3) is 0.214. The minimum absolute atomic E-state index is 0.167. The molecule has 0 spiro atoms. The second kappa shape index (κ2) is 6.15. The molecule has 0 radical (unpaired) electrons. The van der Waals surface area contributed by atoms with Gasteiger partial charge >= 0.3 is 0 Å². The van der Waals surface area contributed by atoms with E-state index in [0.29, 0.717) is 27.7 Å². The largest absolute Gasteiger partial charge is 0.496 e. The summed E-state index contributed by atoms with van der Waals surface area (Å²) in [5.41, 5.74) is 0.391. The molecular weight excluding hydrogens is 300 g/mol. The van der Waals surface area contributed by atoms with E-state index in [9.17, 15) is 4.79 Å². The van der Waals surface area contributed by atoms with Gasteiger partial charge in [0.25, 0.3) is 0 Å². The average molecular weight is 313 g/mol. The highest BCUT2D eigenvalue weighted by molar-refractivity contribution is 7.12. The summed E-state index contributed by atoms with van der Waals surface area (Å²) >= 11 is 7.46. The maximum Gasteiger partial charge on any atom is 0.206 e. The third kappa shape index (κ3) is 2.59. The molecule has 0 saturated carbocycles. The van der Waals surface area contributed by atoms with Crippen molar-refractivity contribution in [3.8, 4) is 17.2 Å². The smallest absolute Gasteiger partial charge is 0.206 e. The van der Waals surface area contributed by atoms with Crippen molar-refractivity contribution in [2.45, 2.75) is 0 Å². The Morgan fingerprint density at radius 2 is 1.90 bits per heavy atom. The van der Waals surface area contributed by atoms with E-state index in [1.54, 1.807) is 30.7 Å². The van der Waals surface area contributed by atoms with Crippen LogP contribution in [0, 0.1) is 0 Å². The quantitative estimate of drug-likeness (QED) is 0.790. The minimum Gasteiger partial charge on any atom is -0.496 e. The number of rotatable bonds is 5. The fourth-order valence-electron chi connectivity index (χ4n) is 1.75. The predicted octanol–water partition coefficient (Wildman–Crippen LogP) is 3.66. The zero-order valence-electron chi connectivity index (χ0n) is 11.2. The van der Waals surface area contributed by atoms with Crippen molar-refractivity contribution < 1.29 is 19.0 Å². The Hall–Kier alpha value is -1.72. The maximum absolute atomic E-state index is 12.5. The molecule has 0 atom stereocenters. The minimum atomic E-state index is -0.167. The number of thiophene rings is 1. The highest BCUT2D eigenvalue weighted by atomic mass is 35.5. The fourth-order valence-corrected chi connectivity index (χ4v) is 2.88. The maximum atomic E-state index is 12.5. The lowest BCUT2D eigenvalue weighted by molar-refractivity contribution is 0.103. The van der Waals surface area contributed by atoms with E-state index in [0.717, 1.165) is 0 Å². The molecule has 1 aromatic carbocycles. The highest BCUT2D eigenvalue weighted by Gasteiger charge is 2.21. The van der Waals surface area contributed by atoms with E-state index >= 15 is 0 Å². The van der Waals surface area contributed by atoms with Crippen LogP contribution >= 0.6 is 22.9 Å². The average Bonchev–Trinajstić information content (AvgIpc) is 2.95. The molecule has 0 bridgehead atoms. The molecule has 0 aliphatic heterocycles. The van der Waals surface area contributed by atoms with Crippen molar-refractivity contribution in [3.05, 3.63) is 39.0 Å². The Morgan fingerprint density at radius 1 is 1.15 bits per heavy atom. The second-order valence-corrected chi connectivity index (χ2v) is 5.13. The molecular formula is C14H13ClO4S. The number of halogens is 1. The Morgan fingerprint density at radius 3 is 2.45 bits per heavy atom. The molecule has 0 amide bonds. The summed E-state index contributed by atoms with van der Waals surface area (Å²) in [7, 11) is 4.53. The van der Waals surface area contributed by atoms with Crippen molar-refractivity contribution in [3.63, 3.8) is 0 Å². The summed E-state index contributed by atoms with van der Waals surface area (Å²) in [4.78, 5) is 13.0. The lowest BCUT2D eigenvalue weighted by atomic mass is 10.1. The molecule has 0 aliphatic carbocycles. The van der Waals surface area contributed by atoms with Crippen LogP contribution in [0.5, 0.6) is 17.2 Å². The van der Waals surface area contributed by atoms with Gasteiger partial charge in [0.2, 0.25) is 5.78 Å². The first kappa shape index (κ1) is 14.7. The van der Waals surface area contributed by atoms with Crippen LogP contribution in [0.15, 0.2) is 23.6 Å². The first-order chi connectivity index (χ1) is 9.62. The summed E-state index contributed by atoms with van der Waals surface area (Å²) in [6.45, 7) is 0. The SMILES string of the molecule is COc1csc(C(=O)c2ccc(OC)c(Cl)c2OC)c1. The van der Waals surface area contributed by atoms with Crippen molar-refractivity contribution in [2.24, 2.45) is 0 Å². The van der Waals surface area contributed by atoms with Crippen LogP contribution in [-0.2, 0) is 0 Å². The zero-order chi connectivity index (χ0) is 14.7. The highest BCUT2D eigenvalue weighted by Crippen LogP contribution is 2.38. The molecule has 4 nitrogen and oxygen atoms in total. The molecule has 1 aromatic heterocycles. The van der Waals surface area contributed by atoms with Gasteiger partial charge in [0.1, 0.15) is 16.5 Å². The van der Waals surface area contributed by atoms with Crippen LogP contribution < -0.4 is 14.2 Å². The molecule has 20 heavy (non-hydrogen) atoms. The Balaban J connectivity index is 2.46. The van der Waals surface area contributed by atoms with Gasteiger partial charge in [0.15, 0.2) is 5.75 Å². The Kier molecular flexibility index (Phi) is 4.52. The van der Waals surface area contributed by atoms with Gasteiger partial charge in [-0.05, 0) is 12.1 Å². The molecule has 0 unspecified atom stereocenters. The number of hydrogen-bond acceptors (Lipinski definition) is 5. The Bertz CT molecular complexity index is 636. The second-order valence-electron chi connectivity index (χ2n) is 3.84.